The van der Waals surface area contributed by atoms with Crippen LogP contribution in [0, 0.1) is 38.0 Å². The van der Waals surface area contributed by atoms with Gasteiger partial charge in [-0.05, 0) is 50.7 Å². The third-order valence-corrected chi connectivity index (χ3v) is 5.38. The molecule has 0 bridgehead atoms. The summed E-state index contributed by atoms with van der Waals surface area (Å²) in [5.41, 5.74) is 3.56. The van der Waals surface area contributed by atoms with Crippen molar-refractivity contribution in [3.8, 4) is 6.07 Å². The number of rotatable bonds is 3. The zero-order chi connectivity index (χ0) is 16.3. The van der Waals surface area contributed by atoms with Gasteiger partial charge in [0.25, 0.3) is 0 Å². The van der Waals surface area contributed by atoms with Crippen molar-refractivity contribution in [2.75, 3.05) is 18.8 Å². The summed E-state index contributed by atoms with van der Waals surface area (Å²) in [6, 6.07) is 2.23. The lowest BCUT2D eigenvalue weighted by Crippen LogP contribution is -2.40. The van der Waals surface area contributed by atoms with E-state index in [0.29, 0.717) is 22.3 Å². The Labute approximate surface area is 136 Å². The first kappa shape index (κ1) is 16.8. The minimum atomic E-state index is 0.151. The number of carbonyl (C=O) groups excluding carboxylic acids is 1. The molecule has 1 fully saturated rings. The van der Waals surface area contributed by atoms with Crippen molar-refractivity contribution in [3.05, 3.63) is 22.4 Å². The van der Waals surface area contributed by atoms with Gasteiger partial charge < -0.3 is 4.90 Å². The number of nitrogens with zero attached hydrogens (tertiary/aromatic N) is 3. The molecule has 1 aromatic heterocycles. The number of aromatic nitrogens is 1. The van der Waals surface area contributed by atoms with E-state index >= 15 is 0 Å². The predicted molar refractivity (Wildman–Crippen MR) is 88.9 cm³/mol. The number of pyridine rings is 1. The Hall–Kier alpha value is -1.54. The van der Waals surface area contributed by atoms with Crippen LogP contribution in [0.4, 0.5) is 0 Å². The second kappa shape index (κ2) is 7.15. The molecule has 2 rings (SSSR count). The summed E-state index contributed by atoms with van der Waals surface area (Å²) >= 11 is 1.39. The van der Waals surface area contributed by atoms with E-state index in [1.807, 2.05) is 25.7 Å². The summed E-state index contributed by atoms with van der Waals surface area (Å²) in [5.74, 6) is 1.09. The molecule has 1 aliphatic rings. The molecule has 0 aliphatic carbocycles. The monoisotopic (exact) mass is 317 g/mol. The summed E-state index contributed by atoms with van der Waals surface area (Å²) in [4.78, 5) is 18.8. The molecule has 1 aliphatic heterocycles. The van der Waals surface area contributed by atoms with Crippen molar-refractivity contribution in [1.29, 1.82) is 5.26 Å². The Balaban J connectivity index is 2.08. The number of carbonyl (C=O) groups is 1. The van der Waals surface area contributed by atoms with E-state index in [2.05, 4.69) is 18.0 Å². The van der Waals surface area contributed by atoms with Crippen LogP contribution in [-0.4, -0.2) is 34.6 Å². The lowest BCUT2D eigenvalue weighted by Gasteiger charge is -2.30. The maximum absolute atomic E-state index is 12.3. The van der Waals surface area contributed by atoms with Crippen molar-refractivity contribution in [3.63, 3.8) is 0 Å². The number of aryl methyl sites for hydroxylation is 1. The van der Waals surface area contributed by atoms with E-state index in [9.17, 15) is 10.1 Å². The van der Waals surface area contributed by atoms with Crippen LogP contribution in [0.25, 0.3) is 0 Å². The molecule has 1 amide bonds. The fourth-order valence-electron chi connectivity index (χ4n) is 2.78. The topological polar surface area (TPSA) is 57.0 Å². The molecule has 1 aromatic rings. The molecule has 22 heavy (non-hydrogen) atoms. The second-order valence-electron chi connectivity index (χ2n) is 6.11. The Morgan fingerprint density at radius 3 is 2.77 bits per heavy atom. The minimum absolute atomic E-state index is 0.151. The number of likely N-dealkylation sites (tertiary alicyclic amines) is 1. The van der Waals surface area contributed by atoms with Crippen molar-refractivity contribution >= 4 is 17.7 Å². The smallest absolute Gasteiger partial charge is 0.232 e. The lowest BCUT2D eigenvalue weighted by atomic mass is 10.0. The summed E-state index contributed by atoms with van der Waals surface area (Å²) in [6.45, 7) is 9.77. The van der Waals surface area contributed by atoms with Crippen LogP contribution in [0.3, 0.4) is 0 Å². The lowest BCUT2D eigenvalue weighted by molar-refractivity contribution is -0.130. The highest BCUT2D eigenvalue weighted by Crippen LogP contribution is 2.27. The third-order valence-electron chi connectivity index (χ3n) is 4.42. The van der Waals surface area contributed by atoms with Gasteiger partial charge in [0.1, 0.15) is 11.1 Å². The molecular weight excluding hydrogens is 294 g/mol. The van der Waals surface area contributed by atoms with Crippen molar-refractivity contribution < 1.29 is 4.79 Å². The number of amides is 1. The highest BCUT2D eigenvalue weighted by atomic mass is 32.2. The predicted octanol–water partition coefficient (Wildman–Crippen LogP) is 3.23. The van der Waals surface area contributed by atoms with Gasteiger partial charge in [0.2, 0.25) is 5.91 Å². The fourth-order valence-corrected chi connectivity index (χ4v) is 3.77. The normalized spacial score (nSPS) is 18.1. The number of thioether (sulfide) groups is 1. The molecule has 0 aromatic carbocycles. The van der Waals surface area contributed by atoms with E-state index in [-0.39, 0.29) is 5.91 Å². The SMILES string of the molecule is Cc1nc(SCC(=O)N2CCC[C@H](C)C2)c(C#N)c(C)c1C. The van der Waals surface area contributed by atoms with Gasteiger partial charge >= 0.3 is 0 Å². The van der Waals surface area contributed by atoms with E-state index < -0.39 is 0 Å². The molecule has 1 saturated heterocycles. The van der Waals surface area contributed by atoms with Crippen LogP contribution in [0.5, 0.6) is 0 Å². The number of nitriles is 1. The summed E-state index contributed by atoms with van der Waals surface area (Å²) in [5, 5.41) is 10.0. The molecular formula is C17H23N3OS. The van der Waals surface area contributed by atoms with Crippen molar-refractivity contribution in [2.24, 2.45) is 5.92 Å². The molecule has 118 valence electrons. The summed E-state index contributed by atoms with van der Waals surface area (Å²) in [6.07, 6.45) is 2.29. The average molecular weight is 317 g/mol. The van der Waals surface area contributed by atoms with E-state index in [0.717, 1.165) is 36.3 Å². The van der Waals surface area contributed by atoms with Gasteiger partial charge in [-0.25, -0.2) is 4.98 Å². The molecule has 5 heteroatoms. The van der Waals surface area contributed by atoms with Gasteiger partial charge in [-0.2, -0.15) is 5.26 Å². The molecule has 0 unspecified atom stereocenters. The first-order valence-corrected chi connectivity index (χ1v) is 8.71. The molecule has 2 heterocycles. The maximum Gasteiger partial charge on any atom is 0.232 e. The third kappa shape index (κ3) is 3.61. The summed E-state index contributed by atoms with van der Waals surface area (Å²) < 4.78 is 0. The quantitative estimate of drug-likeness (QED) is 0.803. The summed E-state index contributed by atoms with van der Waals surface area (Å²) in [7, 11) is 0. The van der Waals surface area contributed by atoms with Gasteiger partial charge in [0.15, 0.2) is 0 Å². The van der Waals surface area contributed by atoms with Crippen LogP contribution < -0.4 is 0 Å². The van der Waals surface area contributed by atoms with Crippen molar-refractivity contribution in [1.82, 2.24) is 9.88 Å². The number of piperidine rings is 1. The molecule has 0 spiro atoms. The maximum atomic E-state index is 12.3. The van der Waals surface area contributed by atoms with Gasteiger partial charge in [-0.15, -0.1) is 0 Å². The standard InChI is InChI=1S/C17H23N3OS/c1-11-6-5-7-20(9-11)16(21)10-22-17-15(8-18)13(3)12(2)14(4)19-17/h11H,5-7,9-10H2,1-4H3/t11-/m0/s1. The molecule has 0 saturated carbocycles. The zero-order valence-corrected chi connectivity index (χ0v) is 14.6. The number of hydrogen-bond acceptors (Lipinski definition) is 4. The van der Waals surface area contributed by atoms with Crippen molar-refractivity contribution in [2.45, 2.75) is 45.6 Å². The largest absolute Gasteiger partial charge is 0.342 e. The van der Waals surface area contributed by atoms with E-state index in [1.54, 1.807) is 0 Å². The highest BCUT2D eigenvalue weighted by Gasteiger charge is 2.22. The van der Waals surface area contributed by atoms with E-state index in [1.165, 1.54) is 18.2 Å². The first-order valence-electron chi connectivity index (χ1n) is 7.72. The Bertz CT molecular complexity index is 621. The van der Waals surface area contributed by atoms with Gasteiger partial charge in [0, 0.05) is 18.8 Å². The zero-order valence-electron chi connectivity index (χ0n) is 13.8. The van der Waals surface area contributed by atoms with Crippen LogP contribution in [0.2, 0.25) is 0 Å². The molecule has 0 radical (unpaired) electrons. The minimum Gasteiger partial charge on any atom is -0.342 e. The Morgan fingerprint density at radius 2 is 2.14 bits per heavy atom. The highest BCUT2D eigenvalue weighted by molar-refractivity contribution is 8.00. The fraction of sp³-hybridized carbons (Fsp3) is 0.588. The average Bonchev–Trinajstić information content (AvgIpc) is 2.50. The molecule has 1 atom stereocenters. The molecule has 0 N–H and O–H groups in total. The Morgan fingerprint density at radius 1 is 1.41 bits per heavy atom. The van der Waals surface area contributed by atoms with Gasteiger partial charge in [-0.3, -0.25) is 4.79 Å². The van der Waals surface area contributed by atoms with Crippen LogP contribution in [0.15, 0.2) is 5.03 Å². The van der Waals surface area contributed by atoms with Gasteiger partial charge in [0.05, 0.1) is 11.3 Å². The van der Waals surface area contributed by atoms with Crippen LogP contribution in [0.1, 0.15) is 42.1 Å². The number of hydrogen-bond donors (Lipinski definition) is 0. The first-order chi connectivity index (χ1) is 10.4. The van der Waals surface area contributed by atoms with Gasteiger partial charge in [-0.1, -0.05) is 18.7 Å². The van der Waals surface area contributed by atoms with Crippen LogP contribution >= 0.6 is 11.8 Å². The van der Waals surface area contributed by atoms with Crippen LogP contribution in [-0.2, 0) is 4.79 Å². The van der Waals surface area contributed by atoms with E-state index in [4.69, 9.17) is 0 Å². The second-order valence-corrected chi connectivity index (χ2v) is 7.08. The molecule has 4 nitrogen and oxygen atoms in total. The Kier molecular flexibility index (Phi) is 5.47.